The summed E-state index contributed by atoms with van der Waals surface area (Å²) < 4.78 is 11.6. The van der Waals surface area contributed by atoms with Gasteiger partial charge in [0.25, 0.3) is 0 Å². The van der Waals surface area contributed by atoms with Crippen LogP contribution in [0.5, 0.6) is 0 Å². The van der Waals surface area contributed by atoms with Crippen molar-refractivity contribution in [2.45, 2.75) is 104 Å². The van der Waals surface area contributed by atoms with E-state index in [1.54, 1.807) is 0 Å². The van der Waals surface area contributed by atoms with Crippen LogP contribution in [0.2, 0.25) is 0 Å². The van der Waals surface area contributed by atoms with Crippen LogP contribution in [0, 0.1) is 22.7 Å². The highest BCUT2D eigenvalue weighted by Crippen LogP contribution is 2.63. The molecule has 2 amide bonds. The minimum absolute atomic E-state index is 0.179. The van der Waals surface area contributed by atoms with Crippen molar-refractivity contribution in [1.29, 1.82) is 0 Å². The molecule has 4 bridgehead atoms. The predicted molar refractivity (Wildman–Crippen MR) is 109 cm³/mol. The van der Waals surface area contributed by atoms with Crippen LogP contribution in [0.1, 0.15) is 92.9 Å². The maximum Gasteiger partial charge on any atom is 0.414 e. The van der Waals surface area contributed by atoms with E-state index in [0.29, 0.717) is 31.1 Å². The molecule has 29 heavy (non-hydrogen) atoms. The average molecular weight is 408 g/mol. The maximum absolute atomic E-state index is 13.2. The van der Waals surface area contributed by atoms with Crippen LogP contribution < -0.4 is 5.32 Å². The first-order valence-electron chi connectivity index (χ1n) is 11.1. The number of hydrogen-bond donors (Lipinski definition) is 1. The minimum Gasteiger partial charge on any atom is -0.459 e. The molecule has 2 atom stereocenters. The van der Waals surface area contributed by atoms with Crippen molar-refractivity contribution in [3.63, 3.8) is 0 Å². The topological polar surface area (TPSA) is 81.7 Å². The molecule has 0 radical (unpaired) electrons. The van der Waals surface area contributed by atoms with E-state index in [4.69, 9.17) is 9.47 Å². The second-order valence-electron chi connectivity index (χ2n) is 11.0. The van der Waals surface area contributed by atoms with Gasteiger partial charge in [0.05, 0.1) is 10.8 Å². The molecule has 2 unspecified atom stereocenters. The van der Waals surface area contributed by atoms with Crippen LogP contribution in [0.4, 0.5) is 4.79 Å². The zero-order chi connectivity index (χ0) is 21.7. The van der Waals surface area contributed by atoms with Gasteiger partial charge in [-0.05, 0) is 84.5 Å². The van der Waals surface area contributed by atoms with Crippen molar-refractivity contribution in [3.05, 3.63) is 0 Å². The molecule has 6 heteroatoms. The third kappa shape index (κ3) is 4.31. The van der Waals surface area contributed by atoms with Crippen LogP contribution in [0.25, 0.3) is 0 Å². The van der Waals surface area contributed by atoms with Crippen LogP contribution in [0.3, 0.4) is 0 Å². The smallest absolute Gasteiger partial charge is 0.414 e. The summed E-state index contributed by atoms with van der Waals surface area (Å²) in [6.45, 7) is 11.4. The molecule has 164 valence electrons. The number of alkyl carbamates (subject to hydrolysis) is 1. The zero-order valence-corrected chi connectivity index (χ0v) is 18.9. The molecule has 6 nitrogen and oxygen atoms in total. The van der Waals surface area contributed by atoms with Gasteiger partial charge in [-0.2, -0.15) is 0 Å². The molecule has 4 fully saturated rings. The van der Waals surface area contributed by atoms with Gasteiger partial charge in [-0.1, -0.05) is 13.8 Å². The van der Waals surface area contributed by atoms with Gasteiger partial charge in [-0.15, -0.1) is 0 Å². The fourth-order valence-corrected chi connectivity index (χ4v) is 5.62. The van der Waals surface area contributed by atoms with Crippen LogP contribution in [-0.2, 0) is 19.1 Å². The summed E-state index contributed by atoms with van der Waals surface area (Å²) >= 11 is 0. The number of amides is 2. The van der Waals surface area contributed by atoms with Crippen molar-refractivity contribution >= 4 is 18.0 Å². The number of nitrogens with one attached hydrogen (secondary N) is 1. The molecule has 4 rings (SSSR count). The molecular formula is C23H37NO5. The largest absolute Gasteiger partial charge is 0.459 e. The van der Waals surface area contributed by atoms with E-state index < -0.39 is 28.1 Å². The third-order valence-electron chi connectivity index (χ3n) is 7.67. The number of esters is 1. The normalized spacial score (nSPS) is 33.3. The fourth-order valence-electron chi connectivity index (χ4n) is 5.62. The average Bonchev–Trinajstić information content (AvgIpc) is 2.59. The second kappa shape index (κ2) is 7.28. The molecule has 0 aromatic carbocycles. The molecule has 4 saturated carbocycles. The molecule has 0 aromatic rings. The van der Waals surface area contributed by atoms with Crippen molar-refractivity contribution < 1.29 is 23.9 Å². The molecule has 0 aromatic heterocycles. The lowest BCUT2D eigenvalue weighted by Gasteiger charge is -2.60. The third-order valence-corrected chi connectivity index (χ3v) is 7.67. The zero-order valence-electron chi connectivity index (χ0n) is 18.9. The molecule has 4 aliphatic carbocycles. The number of imide groups is 1. The van der Waals surface area contributed by atoms with Crippen LogP contribution in [0.15, 0.2) is 0 Å². The Balaban J connectivity index is 1.75. The highest BCUT2D eigenvalue weighted by atomic mass is 16.6. The second-order valence-corrected chi connectivity index (χ2v) is 11.0. The van der Waals surface area contributed by atoms with Gasteiger partial charge in [0.15, 0.2) is 0 Å². The number of hydrogen-bond acceptors (Lipinski definition) is 5. The Hall–Kier alpha value is -1.59. The molecular weight excluding hydrogens is 370 g/mol. The standard InChI is InChI=1S/C23H37NO5/c1-7-20(3,4)18(26)28-23-12-15-9-16(13-23)11-22(10-15,14-23)17(25)24-19(27)29-21(5,6)8-2/h15-16H,7-14H2,1-6H3,(H,24,25,27). The Bertz CT molecular complexity index is 681. The molecule has 0 saturated heterocycles. The van der Waals surface area contributed by atoms with Crippen molar-refractivity contribution in [1.82, 2.24) is 5.32 Å². The highest BCUT2D eigenvalue weighted by Gasteiger charge is 2.63. The Morgan fingerprint density at radius 2 is 1.55 bits per heavy atom. The molecule has 4 aliphatic rings. The van der Waals surface area contributed by atoms with Gasteiger partial charge >= 0.3 is 12.1 Å². The summed E-state index contributed by atoms with van der Waals surface area (Å²) in [7, 11) is 0. The summed E-state index contributed by atoms with van der Waals surface area (Å²) in [5.74, 6) is 0.283. The Kier molecular flexibility index (Phi) is 5.55. The predicted octanol–water partition coefficient (Wildman–Crippen LogP) is 4.75. The van der Waals surface area contributed by atoms with E-state index in [9.17, 15) is 14.4 Å². The Morgan fingerprint density at radius 1 is 0.966 bits per heavy atom. The number of carbonyl (C=O) groups excluding carboxylic acids is 3. The van der Waals surface area contributed by atoms with Gasteiger partial charge < -0.3 is 9.47 Å². The van der Waals surface area contributed by atoms with Crippen molar-refractivity contribution in [2.75, 3.05) is 0 Å². The van der Waals surface area contributed by atoms with E-state index >= 15 is 0 Å². The van der Waals surface area contributed by atoms with Gasteiger partial charge in [-0.25, -0.2) is 4.79 Å². The van der Waals surface area contributed by atoms with E-state index in [0.717, 1.165) is 32.1 Å². The summed E-state index contributed by atoms with van der Waals surface area (Å²) in [6.07, 6.45) is 5.46. The number of ether oxygens (including phenoxy) is 2. The Labute approximate surface area is 174 Å². The van der Waals surface area contributed by atoms with Gasteiger partial charge in [-0.3, -0.25) is 14.9 Å². The molecule has 0 aliphatic heterocycles. The van der Waals surface area contributed by atoms with E-state index in [1.807, 2.05) is 41.5 Å². The van der Waals surface area contributed by atoms with E-state index in [2.05, 4.69) is 5.32 Å². The molecule has 0 spiro atoms. The number of rotatable bonds is 6. The monoisotopic (exact) mass is 407 g/mol. The summed E-state index contributed by atoms with van der Waals surface area (Å²) in [5, 5.41) is 2.50. The molecule has 1 N–H and O–H groups in total. The SMILES string of the molecule is CCC(C)(C)OC(=O)NC(=O)C12CC3CC(CC(OC(=O)C(C)(C)CC)(C3)C1)C2. The van der Waals surface area contributed by atoms with Crippen molar-refractivity contribution in [3.8, 4) is 0 Å². The Morgan fingerprint density at radius 3 is 2.07 bits per heavy atom. The van der Waals surface area contributed by atoms with E-state index in [-0.39, 0.29) is 11.9 Å². The quantitative estimate of drug-likeness (QED) is 0.643. The van der Waals surface area contributed by atoms with Crippen molar-refractivity contribution in [2.24, 2.45) is 22.7 Å². The summed E-state index contributed by atoms with van der Waals surface area (Å²) in [5.41, 5.74) is -2.36. The first-order chi connectivity index (χ1) is 13.3. The van der Waals surface area contributed by atoms with Gasteiger partial charge in [0, 0.05) is 6.42 Å². The first-order valence-corrected chi connectivity index (χ1v) is 11.1. The lowest BCUT2D eigenvalue weighted by Crippen LogP contribution is -2.62. The minimum atomic E-state index is -0.684. The first kappa shape index (κ1) is 22.1. The van der Waals surface area contributed by atoms with Gasteiger partial charge in [0.2, 0.25) is 5.91 Å². The molecule has 0 heterocycles. The maximum atomic E-state index is 13.2. The highest BCUT2D eigenvalue weighted by molar-refractivity contribution is 5.95. The van der Waals surface area contributed by atoms with Crippen LogP contribution >= 0.6 is 0 Å². The summed E-state index contributed by atoms with van der Waals surface area (Å²) in [6, 6.07) is 0. The fraction of sp³-hybridized carbons (Fsp3) is 0.870. The van der Waals surface area contributed by atoms with Gasteiger partial charge in [0.1, 0.15) is 11.2 Å². The lowest BCUT2D eigenvalue weighted by atomic mass is 9.47. The number of carbonyl (C=O) groups is 3. The van der Waals surface area contributed by atoms with E-state index in [1.165, 1.54) is 0 Å². The summed E-state index contributed by atoms with van der Waals surface area (Å²) in [4.78, 5) is 38.3. The lowest BCUT2D eigenvalue weighted by molar-refractivity contribution is -0.210. The van der Waals surface area contributed by atoms with Crippen LogP contribution in [-0.4, -0.2) is 29.2 Å².